The summed E-state index contributed by atoms with van der Waals surface area (Å²) in [7, 11) is 0. The Bertz CT molecular complexity index is 584. The second kappa shape index (κ2) is 2.86. The molecule has 0 spiro atoms. The summed E-state index contributed by atoms with van der Waals surface area (Å²) in [6, 6.07) is 12.5. The molecule has 0 aliphatic carbocycles. The normalized spacial score (nSPS) is 11.3. The van der Waals surface area contributed by atoms with Gasteiger partial charge in [0.15, 0.2) is 0 Å². The summed E-state index contributed by atoms with van der Waals surface area (Å²) in [4.78, 5) is 0. The maximum absolute atomic E-state index is 5.58. The first kappa shape index (κ1) is 8.54. The van der Waals surface area contributed by atoms with E-state index in [2.05, 4.69) is 38.1 Å². The Labute approximate surface area is 88.7 Å². The van der Waals surface area contributed by atoms with E-state index >= 15 is 0 Å². The van der Waals surface area contributed by atoms with Crippen LogP contribution in [0.25, 0.3) is 22.3 Å². The monoisotopic (exact) mass is 196 g/mol. The molecule has 1 heteroatoms. The molecule has 2 bridgehead atoms. The smallest absolute Gasteiger partial charge is 0.135 e. The number of furan rings is 2. The quantitative estimate of drug-likeness (QED) is 0.569. The second-order valence-corrected chi connectivity index (χ2v) is 4.03. The molecule has 2 aromatic heterocycles. The molecule has 0 saturated carbocycles. The van der Waals surface area contributed by atoms with Crippen LogP contribution in [0.3, 0.4) is 0 Å². The molecule has 2 heterocycles. The Kier molecular flexibility index (Phi) is 1.63. The molecule has 1 nitrogen and oxygen atoms in total. The summed E-state index contributed by atoms with van der Waals surface area (Å²) < 4.78 is 5.58. The van der Waals surface area contributed by atoms with Gasteiger partial charge in [0.25, 0.3) is 0 Å². The molecule has 1 aromatic carbocycles. The number of fused-ring (bicyclic) bond motifs is 2. The highest BCUT2D eigenvalue weighted by Crippen LogP contribution is 2.35. The highest BCUT2D eigenvalue weighted by atomic mass is 16.3. The van der Waals surface area contributed by atoms with Crippen LogP contribution in [0.1, 0.15) is 11.1 Å². The second-order valence-electron chi connectivity index (χ2n) is 4.03. The minimum Gasteiger partial charge on any atom is -0.457 e. The molecular formula is C14H12O. The molecule has 3 aromatic rings. The first-order valence-electron chi connectivity index (χ1n) is 5.14. The lowest BCUT2D eigenvalue weighted by Crippen LogP contribution is -1.86. The minimum atomic E-state index is 0.961. The molecule has 0 fully saturated rings. The molecule has 0 N–H and O–H groups in total. The van der Waals surface area contributed by atoms with E-state index in [4.69, 9.17) is 4.42 Å². The lowest BCUT2D eigenvalue weighted by molar-refractivity contribution is 0.676. The van der Waals surface area contributed by atoms with Crippen molar-refractivity contribution in [2.45, 2.75) is 13.8 Å². The van der Waals surface area contributed by atoms with Gasteiger partial charge in [-0.3, -0.25) is 0 Å². The van der Waals surface area contributed by atoms with Gasteiger partial charge in [-0.15, -0.1) is 0 Å². The van der Waals surface area contributed by atoms with Gasteiger partial charge in [0.05, 0.1) is 0 Å². The van der Waals surface area contributed by atoms with Crippen LogP contribution in [-0.2, 0) is 0 Å². The standard InChI is InChI=1S/C14H12O/c1-9-4-3-5-10(2)14(9)12-8-11-6-7-13(12)15-11/h3-8H,1-2H3. The van der Waals surface area contributed by atoms with Crippen LogP contribution in [0.15, 0.2) is 40.8 Å². The van der Waals surface area contributed by atoms with Crippen LogP contribution < -0.4 is 0 Å². The molecule has 0 amide bonds. The highest BCUT2D eigenvalue weighted by Gasteiger charge is 2.12. The molecule has 0 aliphatic heterocycles. The summed E-state index contributed by atoms with van der Waals surface area (Å²) in [6.07, 6.45) is 0. The Morgan fingerprint density at radius 3 is 2.20 bits per heavy atom. The van der Waals surface area contributed by atoms with E-state index in [0.29, 0.717) is 0 Å². The Morgan fingerprint density at radius 2 is 1.67 bits per heavy atom. The van der Waals surface area contributed by atoms with E-state index in [9.17, 15) is 0 Å². The average molecular weight is 196 g/mol. The molecule has 0 saturated heterocycles. The van der Waals surface area contributed by atoms with E-state index in [-0.39, 0.29) is 0 Å². The van der Waals surface area contributed by atoms with Gasteiger partial charge < -0.3 is 4.42 Å². The third kappa shape index (κ3) is 1.16. The Hall–Kier alpha value is -1.76. The average Bonchev–Trinajstić information content (AvgIpc) is 2.79. The van der Waals surface area contributed by atoms with Crippen LogP contribution in [0.4, 0.5) is 0 Å². The van der Waals surface area contributed by atoms with E-state index in [1.54, 1.807) is 0 Å². The molecule has 15 heavy (non-hydrogen) atoms. The van der Waals surface area contributed by atoms with Gasteiger partial charge in [-0.1, -0.05) is 18.2 Å². The summed E-state index contributed by atoms with van der Waals surface area (Å²) in [5, 5.41) is 0. The third-order valence-corrected chi connectivity index (χ3v) is 2.93. The van der Waals surface area contributed by atoms with E-state index in [1.165, 1.54) is 22.3 Å². The maximum Gasteiger partial charge on any atom is 0.135 e. The summed E-state index contributed by atoms with van der Waals surface area (Å²) in [5.41, 5.74) is 7.10. The number of benzene rings is 2. The van der Waals surface area contributed by atoms with Crippen LogP contribution in [0.5, 0.6) is 0 Å². The van der Waals surface area contributed by atoms with Gasteiger partial charge >= 0.3 is 0 Å². The van der Waals surface area contributed by atoms with Gasteiger partial charge in [-0.05, 0) is 48.7 Å². The van der Waals surface area contributed by atoms with Crippen LogP contribution >= 0.6 is 0 Å². The molecule has 74 valence electrons. The lowest BCUT2D eigenvalue weighted by atomic mass is 9.96. The SMILES string of the molecule is Cc1cccc(C)c1-c1cc2ccc1o2. The number of hydrogen-bond donors (Lipinski definition) is 0. The van der Waals surface area contributed by atoms with Crippen molar-refractivity contribution in [2.75, 3.05) is 0 Å². The van der Waals surface area contributed by atoms with Gasteiger partial charge in [-0.25, -0.2) is 0 Å². The molecule has 0 aliphatic rings. The van der Waals surface area contributed by atoms with E-state index in [1.807, 2.05) is 12.1 Å². The zero-order chi connectivity index (χ0) is 10.4. The largest absolute Gasteiger partial charge is 0.457 e. The minimum absolute atomic E-state index is 0.961. The Morgan fingerprint density at radius 1 is 0.933 bits per heavy atom. The van der Waals surface area contributed by atoms with Gasteiger partial charge in [0.2, 0.25) is 0 Å². The summed E-state index contributed by atoms with van der Waals surface area (Å²) >= 11 is 0. The summed E-state index contributed by atoms with van der Waals surface area (Å²) in [6.45, 7) is 4.29. The van der Waals surface area contributed by atoms with Crippen LogP contribution in [-0.4, -0.2) is 0 Å². The van der Waals surface area contributed by atoms with Crippen molar-refractivity contribution in [3.8, 4) is 11.1 Å². The first-order valence-corrected chi connectivity index (χ1v) is 5.14. The van der Waals surface area contributed by atoms with Crippen molar-refractivity contribution in [1.29, 1.82) is 0 Å². The predicted octanol–water partition coefficient (Wildman–Crippen LogP) is 4.15. The van der Waals surface area contributed by atoms with Gasteiger partial charge in [-0.2, -0.15) is 0 Å². The fraction of sp³-hybridized carbons (Fsp3) is 0.143. The van der Waals surface area contributed by atoms with E-state index < -0.39 is 0 Å². The van der Waals surface area contributed by atoms with Crippen molar-refractivity contribution in [3.63, 3.8) is 0 Å². The fourth-order valence-corrected chi connectivity index (χ4v) is 2.22. The third-order valence-electron chi connectivity index (χ3n) is 2.93. The lowest BCUT2D eigenvalue weighted by Gasteiger charge is -2.07. The van der Waals surface area contributed by atoms with Crippen LogP contribution in [0.2, 0.25) is 0 Å². The van der Waals surface area contributed by atoms with Crippen molar-refractivity contribution in [1.82, 2.24) is 0 Å². The zero-order valence-corrected chi connectivity index (χ0v) is 8.87. The molecule has 0 radical (unpaired) electrons. The molecule has 0 unspecified atom stereocenters. The molecule has 3 rings (SSSR count). The zero-order valence-electron chi connectivity index (χ0n) is 8.87. The van der Waals surface area contributed by atoms with E-state index in [0.717, 1.165) is 11.2 Å². The number of rotatable bonds is 1. The summed E-state index contributed by atoms with van der Waals surface area (Å²) in [5.74, 6) is 0. The molecular weight excluding hydrogens is 184 g/mol. The van der Waals surface area contributed by atoms with Crippen LogP contribution in [0, 0.1) is 13.8 Å². The molecule has 0 atom stereocenters. The topological polar surface area (TPSA) is 13.1 Å². The first-order chi connectivity index (χ1) is 7.25. The Balaban J connectivity index is 2.33. The van der Waals surface area contributed by atoms with Crippen molar-refractivity contribution < 1.29 is 4.42 Å². The van der Waals surface area contributed by atoms with Gasteiger partial charge in [0.1, 0.15) is 11.2 Å². The van der Waals surface area contributed by atoms with Crippen molar-refractivity contribution >= 4 is 11.2 Å². The van der Waals surface area contributed by atoms with Crippen molar-refractivity contribution in [2.24, 2.45) is 0 Å². The number of aryl methyl sites for hydroxylation is 2. The van der Waals surface area contributed by atoms with Gasteiger partial charge in [0, 0.05) is 5.56 Å². The highest BCUT2D eigenvalue weighted by molar-refractivity contribution is 5.88. The number of hydrogen-bond acceptors (Lipinski definition) is 1. The predicted molar refractivity (Wildman–Crippen MR) is 62.3 cm³/mol. The maximum atomic E-state index is 5.58. The van der Waals surface area contributed by atoms with Crippen molar-refractivity contribution in [3.05, 3.63) is 47.5 Å². The fourth-order valence-electron chi connectivity index (χ4n) is 2.22.